The number of carbonyl (C=O) groups excluding carboxylic acids is 1. The standard InChI is InChI=1S/C14H16N4O3S/c15-22(20,21)9-10-6-14(19)18(8-10)13-7-12(16-17-13)11-4-2-1-3-5-11/h1-5,7,10H,6,8-9H2,(H,16,17)(H2,15,20,21). The van der Waals surface area contributed by atoms with Crippen LogP contribution in [0.25, 0.3) is 11.3 Å². The summed E-state index contributed by atoms with van der Waals surface area (Å²) in [6.45, 7) is 0.314. The Hall–Kier alpha value is -2.19. The quantitative estimate of drug-likeness (QED) is 0.865. The summed E-state index contributed by atoms with van der Waals surface area (Å²) in [5.74, 6) is -0.120. The Balaban J connectivity index is 1.78. The first-order valence-electron chi connectivity index (χ1n) is 6.84. The number of aromatic amines is 1. The number of primary sulfonamides is 1. The zero-order valence-electron chi connectivity index (χ0n) is 11.8. The molecule has 1 aliphatic rings. The molecule has 8 heteroatoms. The van der Waals surface area contributed by atoms with Gasteiger partial charge in [-0.15, -0.1) is 0 Å². The van der Waals surface area contributed by atoms with Gasteiger partial charge in [-0.1, -0.05) is 30.3 Å². The molecular weight excluding hydrogens is 304 g/mol. The van der Waals surface area contributed by atoms with Gasteiger partial charge in [0, 0.05) is 24.9 Å². The maximum atomic E-state index is 12.1. The number of rotatable bonds is 4. The first-order chi connectivity index (χ1) is 10.4. The molecule has 0 radical (unpaired) electrons. The molecule has 1 aromatic carbocycles. The molecule has 0 aliphatic carbocycles. The highest BCUT2D eigenvalue weighted by Crippen LogP contribution is 2.27. The number of carbonyl (C=O) groups is 1. The molecule has 1 atom stereocenters. The molecule has 7 nitrogen and oxygen atoms in total. The smallest absolute Gasteiger partial charge is 0.228 e. The van der Waals surface area contributed by atoms with Crippen molar-refractivity contribution in [2.24, 2.45) is 11.1 Å². The molecule has 1 aliphatic heterocycles. The molecule has 3 N–H and O–H groups in total. The summed E-state index contributed by atoms with van der Waals surface area (Å²) in [5, 5.41) is 12.1. The van der Waals surface area contributed by atoms with Crippen LogP contribution in [0.3, 0.4) is 0 Å². The van der Waals surface area contributed by atoms with Crippen LogP contribution in [0.15, 0.2) is 36.4 Å². The number of nitrogens with two attached hydrogens (primary N) is 1. The topological polar surface area (TPSA) is 109 Å². The average Bonchev–Trinajstić information content (AvgIpc) is 3.05. The second-order valence-electron chi connectivity index (χ2n) is 5.41. The van der Waals surface area contributed by atoms with Gasteiger partial charge in [-0.25, -0.2) is 13.6 Å². The molecule has 2 aromatic rings. The van der Waals surface area contributed by atoms with Gasteiger partial charge in [0.15, 0.2) is 5.82 Å². The van der Waals surface area contributed by atoms with Gasteiger partial charge in [-0.05, 0) is 5.56 Å². The molecule has 0 bridgehead atoms. The SMILES string of the molecule is NS(=O)(=O)CC1CC(=O)N(c2cc(-c3ccccc3)[nH]n2)C1. The van der Waals surface area contributed by atoms with Gasteiger partial charge < -0.3 is 0 Å². The molecular formula is C14H16N4O3S. The lowest BCUT2D eigenvalue weighted by Crippen LogP contribution is -2.27. The predicted octanol–water partition coefficient (Wildman–Crippen LogP) is 0.718. The summed E-state index contributed by atoms with van der Waals surface area (Å²) >= 11 is 0. The van der Waals surface area contributed by atoms with Gasteiger partial charge in [0.05, 0.1) is 11.4 Å². The van der Waals surface area contributed by atoms with Gasteiger partial charge in [0.25, 0.3) is 0 Å². The summed E-state index contributed by atoms with van der Waals surface area (Å²) in [6.07, 6.45) is 0.171. The largest absolute Gasteiger partial charge is 0.295 e. The Morgan fingerprint density at radius 3 is 2.73 bits per heavy atom. The molecule has 3 rings (SSSR count). The highest BCUT2D eigenvalue weighted by molar-refractivity contribution is 7.89. The van der Waals surface area contributed by atoms with E-state index in [4.69, 9.17) is 5.14 Å². The zero-order valence-corrected chi connectivity index (χ0v) is 12.6. The lowest BCUT2D eigenvalue weighted by atomic mass is 10.1. The van der Waals surface area contributed by atoms with Gasteiger partial charge in [-0.2, -0.15) is 5.10 Å². The first kappa shape index (κ1) is 14.7. The molecule has 0 saturated carbocycles. The van der Waals surface area contributed by atoms with E-state index in [1.807, 2.05) is 30.3 Å². The number of hydrogen-bond acceptors (Lipinski definition) is 4. The van der Waals surface area contributed by atoms with E-state index in [-0.39, 0.29) is 24.0 Å². The van der Waals surface area contributed by atoms with Crippen LogP contribution >= 0.6 is 0 Å². The Kier molecular flexibility index (Phi) is 3.71. The van der Waals surface area contributed by atoms with Gasteiger partial charge in [0.1, 0.15) is 0 Å². The van der Waals surface area contributed by atoms with Gasteiger partial charge in [0.2, 0.25) is 15.9 Å². The van der Waals surface area contributed by atoms with Crippen molar-refractivity contribution in [2.75, 3.05) is 17.2 Å². The fourth-order valence-corrected chi connectivity index (χ4v) is 3.54. The number of benzene rings is 1. The molecule has 1 fully saturated rings. The van der Waals surface area contributed by atoms with Crippen molar-refractivity contribution < 1.29 is 13.2 Å². The van der Waals surface area contributed by atoms with E-state index in [2.05, 4.69) is 10.2 Å². The molecule has 2 heterocycles. The van der Waals surface area contributed by atoms with Crippen molar-refractivity contribution in [3.05, 3.63) is 36.4 Å². The van der Waals surface area contributed by atoms with Crippen LogP contribution in [-0.4, -0.2) is 36.8 Å². The second kappa shape index (κ2) is 5.54. The van der Waals surface area contributed by atoms with E-state index >= 15 is 0 Å². The lowest BCUT2D eigenvalue weighted by Gasteiger charge is -2.12. The minimum absolute atomic E-state index is 0.139. The molecule has 1 saturated heterocycles. The average molecular weight is 320 g/mol. The minimum Gasteiger partial charge on any atom is -0.295 e. The third-order valence-electron chi connectivity index (χ3n) is 3.60. The number of H-pyrrole nitrogens is 1. The molecule has 0 spiro atoms. The van der Waals surface area contributed by atoms with Crippen molar-refractivity contribution >= 4 is 21.7 Å². The Bertz CT molecular complexity index is 785. The highest BCUT2D eigenvalue weighted by atomic mass is 32.2. The number of hydrogen-bond donors (Lipinski definition) is 2. The fraction of sp³-hybridized carbons (Fsp3) is 0.286. The lowest BCUT2D eigenvalue weighted by molar-refractivity contribution is -0.117. The maximum Gasteiger partial charge on any atom is 0.228 e. The number of aromatic nitrogens is 2. The van der Waals surface area contributed by atoms with Crippen LogP contribution < -0.4 is 10.0 Å². The summed E-state index contributed by atoms with van der Waals surface area (Å²) in [6, 6.07) is 11.4. The van der Waals surface area contributed by atoms with Crippen molar-refractivity contribution in [3.8, 4) is 11.3 Å². The van der Waals surface area contributed by atoms with Crippen LogP contribution in [0.2, 0.25) is 0 Å². The van der Waals surface area contributed by atoms with Crippen molar-refractivity contribution in [2.45, 2.75) is 6.42 Å². The number of nitrogens with one attached hydrogen (secondary N) is 1. The highest BCUT2D eigenvalue weighted by Gasteiger charge is 2.34. The van der Waals surface area contributed by atoms with Crippen LogP contribution in [-0.2, 0) is 14.8 Å². The summed E-state index contributed by atoms with van der Waals surface area (Å²) in [5.41, 5.74) is 1.77. The van der Waals surface area contributed by atoms with Gasteiger partial charge in [-0.3, -0.25) is 14.8 Å². The van der Waals surface area contributed by atoms with Crippen molar-refractivity contribution in [1.82, 2.24) is 10.2 Å². The second-order valence-corrected chi connectivity index (χ2v) is 7.07. The Morgan fingerprint density at radius 1 is 1.32 bits per heavy atom. The van der Waals surface area contributed by atoms with Crippen molar-refractivity contribution in [3.63, 3.8) is 0 Å². The third-order valence-corrected chi connectivity index (χ3v) is 4.53. The van der Waals surface area contributed by atoms with E-state index in [0.717, 1.165) is 11.3 Å². The van der Waals surface area contributed by atoms with Crippen molar-refractivity contribution in [1.29, 1.82) is 0 Å². The molecule has 1 unspecified atom stereocenters. The van der Waals surface area contributed by atoms with Gasteiger partial charge >= 0.3 is 0 Å². The Morgan fingerprint density at radius 2 is 2.05 bits per heavy atom. The summed E-state index contributed by atoms with van der Waals surface area (Å²) in [4.78, 5) is 13.6. The van der Waals surface area contributed by atoms with E-state index in [1.54, 1.807) is 6.07 Å². The third kappa shape index (κ3) is 3.18. The monoisotopic (exact) mass is 320 g/mol. The summed E-state index contributed by atoms with van der Waals surface area (Å²) < 4.78 is 22.3. The van der Waals surface area contributed by atoms with Crippen LogP contribution in [0.1, 0.15) is 6.42 Å². The molecule has 1 amide bonds. The number of sulfonamides is 1. The Labute approximate surface area is 128 Å². The van der Waals surface area contributed by atoms with Crippen LogP contribution in [0.5, 0.6) is 0 Å². The molecule has 116 valence electrons. The zero-order chi connectivity index (χ0) is 15.7. The summed E-state index contributed by atoms with van der Waals surface area (Å²) in [7, 11) is -3.58. The number of nitrogens with zero attached hydrogens (tertiary/aromatic N) is 2. The van der Waals surface area contributed by atoms with E-state index in [9.17, 15) is 13.2 Å². The van der Waals surface area contributed by atoms with E-state index in [1.165, 1.54) is 4.90 Å². The minimum atomic E-state index is -3.58. The molecule has 1 aromatic heterocycles. The van der Waals surface area contributed by atoms with E-state index < -0.39 is 10.0 Å². The number of anilines is 1. The maximum absolute atomic E-state index is 12.1. The van der Waals surface area contributed by atoms with E-state index in [0.29, 0.717) is 12.4 Å². The first-order valence-corrected chi connectivity index (χ1v) is 8.55. The van der Waals surface area contributed by atoms with Crippen LogP contribution in [0.4, 0.5) is 5.82 Å². The molecule has 22 heavy (non-hydrogen) atoms. The number of amides is 1. The normalized spacial score (nSPS) is 18.9. The van der Waals surface area contributed by atoms with Crippen LogP contribution in [0, 0.1) is 5.92 Å². The fourth-order valence-electron chi connectivity index (χ4n) is 2.66. The predicted molar refractivity (Wildman–Crippen MR) is 82.5 cm³/mol.